The molecule has 1 nitrogen and oxygen atoms in total. The molecule has 0 atom stereocenters. The van der Waals surface area contributed by atoms with Gasteiger partial charge in [-0.2, -0.15) is 0 Å². The number of nitrogens with zero attached hydrogens (tertiary/aromatic N) is 1. The Balaban J connectivity index is 1.10. The third-order valence-corrected chi connectivity index (χ3v) is 13.3. The molecule has 2 heterocycles. The number of anilines is 3. The molecule has 0 spiro atoms. The lowest BCUT2D eigenvalue weighted by molar-refractivity contribution is 1.30. The summed E-state index contributed by atoms with van der Waals surface area (Å²) in [5.74, 6) is 0. The lowest BCUT2D eigenvalue weighted by Crippen LogP contribution is -2.10. The summed E-state index contributed by atoms with van der Waals surface area (Å²) in [4.78, 5) is 2.43. The van der Waals surface area contributed by atoms with Crippen LogP contribution in [0.25, 0.3) is 84.5 Å². The molecular formula is C52H33NS2. The minimum Gasteiger partial charge on any atom is -0.310 e. The minimum atomic E-state index is 1.11. The number of rotatable bonds is 6. The molecule has 0 aliphatic carbocycles. The molecule has 0 fully saturated rings. The van der Waals surface area contributed by atoms with Crippen molar-refractivity contribution in [2.75, 3.05) is 4.90 Å². The van der Waals surface area contributed by atoms with Crippen molar-refractivity contribution in [2.45, 2.75) is 0 Å². The summed E-state index contributed by atoms with van der Waals surface area (Å²) in [6.45, 7) is 0. The van der Waals surface area contributed by atoms with Gasteiger partial charge in [-0.15, -0.1) is 22.7 Å². The van der Waals surface area contributed by atoms with Gasteiger partial charge < -0.3 is 4.90 Å². The molecule has 0 saturated heterocycles. The fourth-order valence-electron chi connectivity index (χ4n) is 8.31. The SMILES string of the molecule is c1ccc(-c2ccc(N(c3cccc(-c4cccc5c4sc4c5ccc5sc6ccccc6c54)c3)c3ccc(-c4ccccc4)c4ccccc34)cc2)cc1. The number of hydrogen-bond acceptors (Lipinski definition) is 3. The minimum absolute atomic E-state index is 1.11. The third kappa shape index (κ3) is 5.35. The maximum atomic E-state index is 2.43. The normalized spacial score (nSPS) is 11.6. The Labute approximate surface area is 327 Å². The lowest BCUT2D eigenvalue weighted by atomic mass is 9.96. The predicted octanol–water partition coefficient (Wildman–Crippen LogP) is 16.0. The van der Waals surface area contributed by atoms with E-state index in [0.717, 1.165) is 17.1 Å². The second-order valence-corrected chi connectivity index (χ2v) is 16.1. The van der Waals surface area contributed by atoms with E-state index in [0.29, 0.717) is 0 Å². The van der Waals surface area contributed by atoms with E-state index in [-0.39, 0.29) is 0 Å². The van der Waals surface area contributed by atoms with E-state index in [2.05, 4.69) is 205 Å². The van der Waals surface area contributed by atoms with Crippen LogP contribution in [-0.2, 0) is 0 Å². The average molecular weight is 736 g/mol. The number of hydrogen-bond donors (Lipinski definition) is 0. The van der Waals surface area contributed by atoms with Crippen molar-refractivity contribution in [1.82, 2.24) is 0 Å². The first-order chi connectivity index (χ1) is 27.3. The van der Waals surface area contributed by atoms with Crippen LogP contribution in [0.5, 0.6) is 0 Å². The van der Waals surface area contributed by atoms with Gasteiger partial charge in [0.15, 0.2) is 0 Å². The smallest absolute Gasteiger partial charge is 0.0540 e. The summed E-state index contributed by atoms with van der Waals surface area (Å²) in [6.07, 6.45) is 0. The van der Waals surface area contributed by atoms with Gasteiger partial charge in [-0.05, 0) is 81.2 Å². The summed E-state index contributed by atoms with van der Waals surface area (Å²) in [7, 11) is 0. The van der Waals surface area contributed by atoms with Gasteiger partial charge in [0, 0.05) is 57.1 Å². The monoisotopic (exact) mass is 735 g/mol. The molecule has 0 aliphatic heterocycles. The molecule has 0 unspecified atom stereocenters. The molecule has 3 heteroatoms. The highest BCUT2D eigenvalue weighted by Crippen LogP contribution is 2.48. The number of benzene rings is 9. The Kier molecular flexibility index (Phi) is 7.61. The van der Waals surface area contributed by atoms with E-state index in [4.69, 9.17) is 0 Å². The molecule has 11 aromatic rings. The van der Waals surface area contributed by atoms with E-state index < -0.39 is 0 Å². The van der Waals surface area contributed by atoms with Crippen molar-refractivity contribution in [2.24, 2.45) is 0 Å². The van der Waals surface area contributed by atoms with Crippen molar-refractivity contribution in [1.29, 1.82) is 0 Å². The van der Waals surface area contributed by atoms with Gasteiger partial charge in [0.05, 0.1) is 5.69 Å². The first kappa shape index (κ1) is 32.0. The molecule has 258 valence electrons. The molecule has 0 N–H and O–H groups in total. The van der Waals surface area contributed by atoms with Gasteiger partial charge in [0.2, 0.25) is 0 Å². The van der Waals surface area contributed by atoms with Crippen LogP contribution in [0.4, 0.5) is 17.1 Å². The molecule has 0 amide bonds. The van der Waals surface area contributed by atoms with Crippen LogP contribution < -0.4 is 4.90 Å². The van der Waals surface area contributed by atoms with Gasteiger partial charge >= 0.3 is 0 Å². The summed E-state index contributed by atoms with van der Waals surface area (Å²) < 4.78 is 5.40. The van der Waals surface area contributed by atoms with E-state index in [1.165, 1.54) is 84.5 Å². The summed E-state index contributed by atoms with van der Waals surface area (Å²) in [6, 6.07) is 73.2. The quantitative estimate of drug-likeness (QED) is 0.164. The average Bonchev–Trinajstić information content (AvgIpc) is 3.83. The van der Waals surface area contributed by atoms with E-state index in [1.807, 2.05) is 22.7 Å². The Hall–Kier alpha value is -6.52. The fourth-order valence-corrected chi connectivity index (χ4v) is 10.9. The van der Waals surface area contributed by atoms with Crippen LogP contribution in [0, 0.1) is 0 Å². The van der Waals surface area contributed by atoms with Gasteiger partial charge in [0.1, 0.15) is 0 Å². The van der Waals surface area contributed by atoms with Crippen LogP contribution in [-0.4, -0.2) is 0 Å². The van der Waals surface area contributed by atoms with Gasteiger partial charge in [-0.25, -0.2) is 0 Å². The van der Waals surface area contributed by atoms with Crippen molar-refractivity contribution < 1.29 is 0 Å². The van der Waals surface area contributed by atoms with Crippen molar-refractivity contribution in [3.8, 4) is 33.4 Å². The van der Waals surface area contributed by atoms with Gasteiger partial charge in [-0.3, -0.25) is 0 Å². The van der Waals surface area contributed by atoms with E-state index in [1.54, 1.807) is 0 Å². The van der Waals surface area contributed by atoms with Crippen molar-refractivity contribution >= 4 is 90.9 Å². The second-order valence-electron chi connectivity index (χ2n) is 14.0. The Bertz CT molecular complexity index is 3190. The molecule has 0 saturated carbocycles. The zero-order valence-corrected chi connectivity index (χ0v) is 31.4. The van der Waals surface area contributed by atoms with Gasteiger partial charge in [0.25, 0.3) is 0 Å². The van der Waals surface area contributed by atoms with Crippen LogP contribution in [0.3, 0.4) is 0 Å². The second kappa shape index (κ2) is 13.1. The van der Waals surface area contributed by atoms with Crippen molar-refractivity contribution in [3.05, 3.63) is 200 Å². The lowest BCUT2D eigenvalue weighted by Gasteiger charge is -2.28. The Morgan fingerprint density at radius 2 is 0.945 bits per heavy atom. The molecule has 2 aromatic heterocycles. The number of thiophene rings is 2. The van der Waals surface area contributed by atoms with Crippen molar-refractivity contribution in [3.63, 3.8) is 0 Å². The first-order valence-electron chi connectivity index (χ1n) is 18.7. The standard InChI is InChI=1S/C52H33NS2/c1-3-13-34(14-4-1)35-25-27-38(28-26-35)53(47-31-29-40(36-15-5-2-6-16-36)42-19-7-8-20-43(42)47)39-18-11-17-37(33-39)41-22-12-23-44-45-30-32-49-50(52(45)55-51(41)44)46-21-9-10-24-48(46)54-49/h1-33H. The largest absolute Gasteiger partial charge is 0.310 e. The highest BCUT2D eigenvalue weighted by atomic mass is 32.1. The summed E-state index contributed by atoms with van der Waals surface area (Å²) >= 11 is 3.82. The molecular weight excluding hydrogens is 703 g/mol. The van der Waals surface area contributed by atoms with Crippen LogP contribution in [0.15, 0.2) is 200 Å². The highest BCUT2D eigenvalue weighted by molar-refractivity contribution is 7.30. The van der Waals surface area contributed by atoms with E-state index >= 15 is 0 Å². The Morgan fingerprint density at radius 1 is 0.309 bits per heavy atom. The maximum absolute atomic E-state index is 2.43. The van der Waals surface area contributed by atoms with Gasteiger partial charge in [-0.1, -0.05) is 158 Å². The molecule has 11 rings (SSSR count). The fraction of sp³-hybridized carbons (Fsp3) is 0. The highest BCUT2D eigenvalue weighted by Gasteiger charge is 2.20. The maximum Gasteiger partial charge on any atom is 0.0540 e. The molecule has 0 radical (unpaired) electrons. The first-order valence-corrected chi connectivity index (χ1v) is 20.3. The predicted molar refractivity (Wildman–Crippen MR) is 241 cm³/mol. The molecule has 0 bridgehead atoms. The van der Waals surface area contributed by atoms with E-state index in [9.17, 15) is 0 Å². The zero-order chi connectivity index (χ0) is 36.3. The van der Waals surface area contributed by atoms with Crippen LogP contribution in [0.2, 0.25) is 0 Å². The summed E-state index contributed by atoms with van der Waals surface area (Å²) in [5, 5.41) is 7.82. The molecule has 0 aliphatic rings. The Morgan fingerprint density at radius 3 is 1.76 bits per heavy atom. The van der Waals surface area contributed by atoms with Crippen LogP contribution >= 0.6 is 22.7 Å². The third-order valence-electron chi connectivity index (χ3n) is 10.9. The zero-order valence-electron chi connectivity index (χ0n) is 29.8. The number of fused-ring (bicyclic) bond motifs is 8. The van der Waals surface area contributed by atoms with Crippen LogP contribution in [0.1, 0.15) is 0 Å². The molecule has 9 aromatic carbocycles. The topological polar surface area (TPSA) is 3.24 Å². The molecule has 55 heavy (non-hydrogen) atoms. The summed E-state index contributed by atoms with van der Waals surface area (Å²) in [5.41, 5.74) is 10.7.